The first-order valence-corrected chi connectivity index (χ1v) is 5.28. The third kappa shape index (κ3) is 2.02. The Hall–Kier alpha value is -2.44. The minimum absolute atomic E-state index is 0.0569. The average Bonchev–Trinajstić information content (AvgIpc) is 2.72. The van der Waals surface area contributed by atoms with Gasteiger partial charge >= 0.3 is 5.97 Å². The van der Waals surface area contributed by atoms with Gasteiger partial charge < -0.3 is 10.5 Å². The lowest BCUT2D eigenvalue weighted by molar-refractivity contribution is 0.0520. The van der Waals surface area contributed by atoms with Crippen molar-refractivity contribution < 1.29 is 13.9 Å². The zero-order valence-electron chi connectivity index (χ0n) is 9.63. The van der Waals surface area contributed by atoms with Gasteiger partial charge in [-0.15, -0.1) is 5.10 Å². The van der Waals surface area contributed by atoms with Gasteiger partial charge in [-0.1, -0.05) is 17.3 Å². The van der Waals surface area contributed by atoms with Crippen LogP contribution in [0.4, 0.5) is 10.2 Å². The molecule has 0 radical (unpaired) electrons. The second-order valence-electron chi connectivity index (χ2n) is 3.41. The maximum Gasteiger partial charge on any atom is 0.362 e. The van der Waals surface area contributed by atoms with Crippen LogP contribution in [0.1, 0.15) is 17.4 Å². The summed E-state index contributed by atoms with van der Waals surface area (Å²) in [5, 5.41) is 7.25. The third-order valence-electron chi connectivity index (χ3n) is 2.25. The SMILES string of the molecule is CCOC(=O)c1nnn(-c2ccccc2F)c1N. The maximum atomic E-state index is 13.6. The van der Waals surface area contributed by atoms with E-state index in [-0.39, 0.29) is 23.8 Å². The lowest BCUT2D eigenvalue weighted by Crippen LogP contribution is -2.10. The van der Waals surface area contributed by atoms with Gasteiger partial charge in [0.2, 0.25) is 5.69 Å². The third-order valence-corrected chi connectivity index (χ3v) is 2.25. The van der Waals surface area contributed by atoms with Crippen LogP contribution in [0.5, 0.6) is 0 Å². The summed E-state index contributed by atoms with van der Waals surface area (Å²) in [5.74, 6) is -1.25. The minimum atomic E-state index is -0.683. The number of halogens is 1. The van der Waals surface area contributed by atoms with E-state index in [0.717, 1.165) is 4.68 Å². The Labute approximate surface area is 102 Å². The second-order valence-corrected chi connectivity index (χ2v) is 3.41. The Morgan fingerprint density at radius 2 is 2.22 bits per heavy atom. The van der Waals surface area contributed by atoms with Gasteiger partial charge in [0.1, 0.15) is 11.5 Å². The van der Waals surface area contributed by atoms with E-state index in [1.807, 2.05) is 0 Å². The van der Waals surface area contributed by atoms with E-state index in [4.69, 9.17) is 10.5 Å². The van der Waals surface area contributed by atoms with Gasteiger partial charge in [-0.2, -0.15) is 4.68 Å². The smallest absolute Gasteiger partial charge is 0.362 e. The summed E-state index contributed by atoms with van der Waals surface area (Å²) in [5.41, 5.74) is 5.70. The van der Waals surface area contributed by atoms with Crippen molar-refractivity contribution in [2.75, 3.05) is 12.3 Å². The lowest BCUT2D eigenvalue weighted by Gasteiger charge is -2.04. The number of rotatable bonds is 3. The summed E-state index contributed by atoms with van der Waals surface area (Å²) < 4.78 is 19.4. The fraction of sp³-hybridized carbons (Fsp3) is 0.182. The molecule has 0 aliphatic carbocycles. The minimum Gasteiger partial charge on any atom is -0.461 e. The Balaban J connectivity index is 2.43. The van der Waals surface area contributed by atoms with Crippen molar-refractivity contribution in [3.05, 3.63) is 35.8 Å². The van der Waals surface area contributed by atoms with Crippen LogP contribution < -0.4 is 5.73 Å². The number of benzene rings is 1. The maximum absolute atomic E-state index is 13.6. The molecule has 18 heavy (non-hydrogen) atoms. The first-order chi connectivity index (χ1) is 8.65. The summed E-state index contributed by atoms with van der Waals surface area (Å²) in [4.78, 5) is 11.5. The van der Waals surface area contributed by atoms with Crippen LogP contribution in [0, 0.1) is 5.82 Å². The van der Waals surface area contributed by atoms with Gasteiger partial charge in [-0.25, -0.2) is 9.18 Å². The number of carbonyl (C=O) groups is 1. The monoisotopic (exact) mass is 250 g/mol. The number of nitrogen functional groups attached to an aromatic ring is 1. The fourth-order valence-corrected chi connectivity index (χ4v) is 1.44. The number of ether oxygens (including phenoxy) is 1. The summed E-state index contributed by atoms with van der Waals surface area (Å²) in [7, 11) is 0. The van der Waals surface area contributed by atoms with Crippen molar-refractivity contribution in [3.63, 3.8) is 0 Å². The lowest BCUT2D eigenvalue weighted by atomic mass is 10.3. The predicted octanol–water partition coefficient (Wildman–Crippen LogP) is 1.17. The summed E-state index contributed by atoms with van der Waals surface area (Å²) in [6.45, 7) is 1.86. The molecule has 1 heterocycles. The highest BCUT2D eigenvalue weighted by atomic mass is 19.1. The number of anilines is 1. The van der Waals surface area contributed by atoms with E-state index >= 15 is 0 Å². The first-order valence-electron chi connectivity index (χ1n) is 5.28. The van der Waals surface area contributed by atoms with Crippen molar-refractivity contribution in [1.82, 2.24) is 15.0 Å². The summed E-state index contributed by atoms with van der Waals surface area (Å²) in [6.07, 6.45) is 0. The van der Waals surface area contributed by atoms with Crippen molar-refractivity contribution in [1.29, 1.82) is 0 Å². The number of aromatic nitrogens is 3. The molecule has 1 aromatic carbocycles. The van der Waals surface area contributed by atoms with Gasteiger partial charge in [-0.3, -0.25) is 0 Å². The number of nitrogens with zero attached hydrogens (tertiary/aromatic N) is 3. The van der Waals surface area contributed by atoms with Gasteiger partial charge in [0.05, 0.1) is 6.61 Å². The van der Waals surface area contributed by atoms with E-state index in [1.54, 1.807) is 13.0 Å². The number of para-hydroxylation sites is 1. The molecule has 7 heteroatoms. The molecule has 6 nitrogen and oxygen atoms in total. The van der Waals surface area contributed by atoms with Gasteiger partial charge in [-0.05, 0) is 19.1 Å². The van der Waals surface area contributed by atoms with Gasteiger partial charge in [0.15, 0.2) is 5.82 Å². The van der Waals surface area contributed by atoms with Crippen LogP contribution in [0.15, 0.2) is 24.3 Å². The van der Waals surface area contributed by atoms with E-state index in [9.17, 15) is 9.18 Å². The molecule has 0 spiro atoms. The highest BCUT2D eigenvalue weighted by molar-refractivity contribution is 5.92. The topological polar surface area (TPSA) is 83.0 Å². The molecule has 94 valence electrons. The van der Waals surface area contributed by atoms with Crippen molar-refractivity contribution >= 4 is 11.8 Å². The highest BCUT2D eigenvalue weighted by Gasteiger charge is 2.20. The van der Waals surface area contributed by atoms with Crippen LogP contribution >= 0.6 is 0 Å². The van der Waals surface area contributed by atoms with Crippen LogP contribution in [0.25, 0.3) is 5.69 Å². The number of esters is 1. The van der Waals surface area contributed by atoms with Crippen molar-refractivity contribution in [2.24, 2.45) is 0 Å². The Bertz CT molecular complexity index is 582. The zero-order chi connectivity index (χ0) is 13.1. The molecule has 2 aromatic rings. The average molecular weight is 250 g/mol. The molecule has 1 aromatic heterocycles. The number of carbonyl (C=O) groups excluding carboxylic acids is 1. The first kappa shape index (κ1) is 12.0. The number of nitrogens with two attached hydrogens (primary N) is 1. The molecule has 2 N–H and O–H groups in total. The van der Waals surface area contributed by atoms with Crippen LogP contribution in [0.2, 0.25) is 0 Å². The highest BCUT2D eigenvalue weighted by Crippen LogP contribution is 2.18. The molecule has 0 aliphatic heterocycles. The summed E-state index contributed by atoms with van der Waals surface area (Å²) >= 11 is 0. The fourth-order valence-electron chi connectivity index (χ4n) is 1.44. The molecule has 2 rings (SSSR count). The largest absolute Gasteiger partial charge is 0.461 e. The van der Waals surface area contributed by atoms with Gasteiger partial charge in [0.25, 0.3) is 0 Å². The molecule has 0 aliphatic rings. The number of hydrogen-bond donors (Lipinski definition) is 1. The molecule has 0 saturated carbocycles. The molecule has 0 saturated heterocycles. The van der Waals surface area contributed by atoms with E-state index < -0.39 is 11.8 Å². The summed E-state index contributed by atoms with van der Waals surface area (Å²) in [6, 6.07) is 5.91. The van der Waals surface area contributed by atoms with E-state index in [0.29, 0.717) is 0 Å². The second kappa shape index (κ2) is 4.82. The Morgan fingerprint density at radius 1 is 1.50 bits per heavy atom. The van der Waals surface area contributed by atoms with Crippen LogP contribution in [0.3, 0.4) is 0 Å². The van der Waals surface area contributed by atoms with E-state index in [1.165, 1.54) is 18.2 Å². The Kier molecular flexibility index (Phi) is 3.22. The van der Waals surface area contributed by atoms with Crippen LogP contribution in [-0.4, -0.2) is 27.6 Å². The van der Waals surface area contributed by atoms with E-state index in [2.05, 4.69) is 10.3 Å². The Morgan fingerprint density at radius 3 is 2.89 bits per heavy atom. The normalized spacial score (nSPS) is 10.3. The molecule has 0 bridgehead atoms. The zero-order valence-corrected chi connectivity index (χ0v) is 9.63. The quantitative estimate of drug-likeness (QED) is 0.826. The van der Waals surface area contributed by atoms with Crippen LogP contribution in [-0.2, 0) is 4.74 Å². The standard InChI is InChI=1S/C11H11FN4O2/c1-2-18-11(17)9-10(13)16(15-14-9)8-6-4-3-5-7(8)12/h3-6H,2,13H2,1H3. The molecular weight excluding hydrogens is 239 g/mol. The predicted molar refractivity (Wildman–Crippen MR) is 61.7 cm³/mol. The molecule has 0 unspecified atom stereocenters. The number of hydrogen-bond acceptors (Lipinski definition) is 5. The molecular formula is C11H11FN4O2. The molecule has 0 atom stereocenters. The molecule has 0 fully saturated rings. The van der Waals surface area contributed by atoms with Gasteiger partial charge in [0, 0.05) is 0 Å². The van der Waals surface area contributed by atoms with Crippen molar-refractivity contribution in [3.8, 4) is 5.69 Å². The van der Waals surface area contributed by atoms with Crippen molar-refractivity contribution in [2.45, 2.75) is 6.92 Å². The molecule has 0 amide bonds.